The number of hydrogen-bond donors (Lipinski definition) is 0. The molecular formula is C27H27F3N3NaO7S2. The van der Waals surface area contributed by atoms with Crippen molar-refractivity contribution in [1.82, 2.24) is 4.98 Å². The Kier molecular flexibility index (Phi) is 13.2. The van der Waals surface area contributed by atoms with Gasteiger partial charge in [-0.3, -0.25) is 14.3 Å². The predicted octanol–water partition coefficient (Wildman–Crippen LogP) is 1.20. The number of aliphatic imine (C=N–C) groups is 1. The van der Waals surface area contributed by atoms with E-state index in [-0.39, 0.29) is 74.7 Å². The zero-order valence-electron chi connectivity index (χ0n) is 23.8. The van der Waals surface area contributed by atoms with Gasteiger partial charge in [0.05, 0.1) is 40.9 Å². The molecular weight excluding hydrogens is 622 g/mol. The fourth-order valence-corrected chi connectivity index (χ4v) is 7.16. The molecule has 0 aliphatic carbocycles. The molecule has 0 aliphatic heterocycles. The number of pyridine rings is 1. The minimum Gasteiger partial charge on any atom is -0.546 e. The Morgan fingerprint density at radius 1 is 1.14 bits per heavy atom. The normalized spacial score (nSPS) is 11.3. The summed E-state index contributed by atoms with van der Waals surface area (Å²) >= 11 is 1.11. The molecule has 10 nitrogen and oxygen atoms in total. The summed E-state index contributed by atoms with van der Waals surface area (Å²) in [6, 6.07) is 10.5. The van der Waals surface area contributed by atoms with E-state index in [0.717, 1.165) is 16.1 Å². The van der Waals surface area contributed by atoms with E-state index in [2.05, 4.69) is 16.7 Å². The number of benzene rings is 2. The average Bonchev–Trinajstić information content (AvgIpc) is 2.92. The molecule has 226 valence electrons. The Morgan fingerprint density at radius 3 is 2.37 bits per heavy atom. The second-order valence-corrected chi connectivity index (χ2v) is 11.5. The van der Waals surface area contributed by atoms with E-state index in [1.807, 2.05) is 0 Å². The molecule has 0 saturated carbocycles. The van der Waals surface area contributed by atoms with Gasteiger partial charge in [0, 0.05) is 18.0 Å². The van der Waals surface area contributed by atoms with Crippen LogP contribution in [0.3, 0.4) is 0 Å². The molecule has 0 N–H and O–H groups in total. The number of para-hydroxylation sites is 2. The van der Waals surface area contributed by atoms with Gasteiger partial charge in [0.15, 0.2) is 18.1 Å². The molecule has 43 heavy (non-hydrogen) atoms. The van der Waals surface area contributed by atoms with E-state index in [1.54, 1.807) is 38.1 Å². The van der Waals surface area contributed by atoms with Gasteiger partial charge in [-0.05, 0) is 56.0 Å². The van der Waals surface area contributed by atoms with Crippen molar-refractivity contribution in [2.45, 2.75) is 30.7 Å². The molecule has 1 heterocycles. The SMILES string of the molecule is C=Nc1ccccc1N(CSCc1nccc(OCC(F)(F)F)c1OC)S(=O)(=O)c1c(C)cc(OCC(=O)[O-])cc1C.[Na+]. The van der Waals surface area contributed by atoms with Crippen molar-refractivity contribution in [3.05, 3.63) is 65.5 Å². The Hall–Kier alpha value is -2.98. The van der Waals surface area contributed by atoms with Crippen LogP contribution in [0.1, 0.15) is 16.8 Å². The number of carboxylic acids is 1. The molecule has 0 saturated heterocycles. The van der Waals surface area contributed by atoms with Gasteiger partial charge in [0.1, 0.15) is 12.4 Å². The molecule has 0 amide bonds. The molecule has 0 fully saturated rings. The number of ether oxygens (including phenoxy) is 3. The van der Waals surface area contributed by atoms with E-state index in [9.17, 15) is 31.5 Å². The zero-order valence-corrected chi connectivity index (χ0v) is 27.4. The zero-order chi connectivity index (χ0) is 31.1. The Balaban J connectivity index is 0.00000645. The van der Waals surface area contributed by atoms with Gasteiger partial charge < -0.3 is 24.1 Å². The number of hydrogen-bond acceptors (Lipinski definition) is 10. The first kappa shape index (κ1) is 36.2. The summed E-state index contributed by atoms with van der Waals surface area (Å²) in [6.45, 7) is 4.42. The van der Waals surface area contributed by atoms with Gasteiger partial charge in [-0.15, -0.1) is 11.8 Å². The van der Waals surface area contributed by atoms with Crippen LogP contribution >= 0.6 is 11.8 Å². The number of thioether (sulfide) groups is 1. The maximum absolute atomic E-state index is 14.2. The van der Waals surface area contributed by atoms with E-state index in [1.165, 1.54) is 31.5 Å². The monoisotopic (exact) mass is 649 g/mol. The first-order valence-corrected chi connectivity index (χ1v) is 14.7. The molecule has 0 spiro atoms. The number of carbonyl (C=O) groups excluding carboxylic acids is 1. The minimum absolute atomic E-state index is 0. The maximum atomic E-state index is 14.2. The van der Waals surface area contributed by atoms with Gasteiger partial charge in [0.25, 0.3) is 10.0 Å². The van der Waals surface area contributed by atoms with Gasteiger partial charge in [-0.25, -0.2) is 8.42 Å². The van der Waals surface area contributed by atoms with Crippen LogP contribution in [-0.4, -0.2) is 58.5 Å². The van der Waals surface area contributed by atoms with Crippen molar-refractivity contribution in [2.24, 2.45) is 4.99 Å². The summed E-state index contributed by atoms with van der Waals surface area (Å²) in [7, 11) is -3.00. The molecule has 0 bridgehead atoms. The number of sulfonamides is 1. The molecule has 0 radical (unpaired) electrons. The molecule has 3 aromatic rings. The fourth-order valence-electron chi connectivity index (χ4n) is 4.02. The molecule has 0 unspecified atom stereocenters. The molecule has 0 aliphatic rings. The van der Waals surface area contributed by atoms with Crippen molar-refractivity contribution in [3.8, 4) is 17.2 Å². The van der Waals surface area contributed by atoms with Gasteiger partial charge >= 0.3 is 35.7 Å². The maximum Gasteiger partial charge on any atom is 1.00 e. The number of methoxy groups -OCH3 is 1. The van der Waals surface area contributed by atoms with E-state index < -0.39 is 35.4 Å². The van der Waals surface area contributed by atoms with Crippen LogP contribution in [-0.2, 0) is 20.6 Å². The largest absolute Gasteiger partial charge is 1.00 e. The summed E-state index contributed by atoms with van der Waals surface area (Å²) in [4.78, 5) is 18.9. The number of alkyl halides is 3. The molecule has 3 rings (SSSR count). The molecule has 0 atom stereocenters. The number of carbonyl (C=O) groups is 1. The minimum atomic E-state index is -4.56. The van der Waals surface area contributed by atoms with Crippen LogP contribution in [0.15, 0.2) is 58.5 Å². The number of halogens is 3. The summed E-state index contributed by atoms with van der Waals surface area (Å²) in [6.07, 6.45) is -3.29. The summed E-state index contributed by atoms with van der Waals surface area (Å²) in [5.41, 5.74) is 1.39. The van der Waals surface area contributed by atoms with E-state index >= 15 is 0 Å². The number of carboxylic acid groups (broad SMARTS) is 1. The third kappa shape index (κ3) is 9.50. The fraction of sp³-hybridized carbons (Fsp3) is 0.296. The number of rotatable bonds is 14. The summed E-state index contributed by atoms with van der Waals surface area (Å²) < 4.78 is 82.8. The van der Waals surface area contributed by atoms with Crippen molar-refractivity contribution < 1.29 is 75.3 Å². The standard InChI is InChI=1S/C27H28F3N3O7S2.Na/c1-17-11-19(39-13-24(34)35)12-18(2)26(17)42(36,37)33(22-8-6-5-7-20(22)31-3)16-41-14-21-25(38-4)23(9-10-32-21)40-15-27(28,29)30;/h5-12H,3,13-16H2,1-2,4H3,(H,34,35);/q;+1/p-1. The van der Waals surface area contributed by atoms with Gasteiger partial charge in [-0.1, -0.05) is 12.1 Å². The second kappa shape index (κ2) is 15.7. The van der Waals surface area contributed by atoms with Crippen molar-refractivity contribution in [1.29, 1.82) is 0 Å². The van der Waals surface area contributed by atoms with Crippen LogP contribution in [0.5, 0.6) is 17.2 Å². The summed E-state index contributed by atoms with van der Waals surface area (Å²) in [5, 5.41) is 10.8. The van der Waals surface area contributed by atoms with Crippen molar-refractivity contribution in [3.63, 3.8) is 0 Å². The van der Waals surface area contributed by atoms with Crippen LogP contribution < -0.4 is 53.2 Å². The quantitative estimate of drug-likeness (QED) is 0.144. The topological polar surface area (TPSA) is 130 Å². The number of aryl methyl sites for hydroxylation is 2. The van der Waals surface area contributed by atoms with Crippen molar-refractivity contribution in [2.75, 3.05) is 30.5 Å². The number of anilines is 1. The number of aromatic nitrogens is 1. The van der Waals surface area contributed by atoms with Crippen LogP contribution in [0.2, 0.25) is 0 Å². The number of aliphatic carboxylic acids is 1. The van der Waals surface area contributed by atoms with Crippen LogP contribution in [0.25, 0.3) is 0 Å². The molecule has 1 aromatic heterocycles. The van der Waals surface area contributed by atoms with Gasteiger partial charge in [0.2, 0.25) is 0 Å². The average molecular weight is 650 g/mol. The Bertz CT molecular complexity index is 1530. The van der Waals surface area contributed by atoms with E-state index in [4.69, 9.17) is 14.2 Å². The molecule has 2 aromatic carbocycles. The van der Waals surface area contributed by atoms with E-state index in [0.29, 0.717) is 16.8 Å². The third-order valence-corrected chi connectivity index (χ3v) is 8.79. The summed E-state index contributed by atoms with van der Waals surface area (Å²) in [5.74, 6) is -1.53. The predicted molar refractivity (Wildman–Crippen MR) is 150 cm³/mol. The second-order valence-electron chi connectivity index (χ2n) is 8.72. The molecule has 16 heteroatoms. The van der Waals surface area contributed by atoms with Crippen LogP contribution in [0.4, 0.5) is 24.5 Å². The van der Waals surface area contributed by atoms with Crippen molar-refractivity contribution >= 4 is 45.8 Å². The van der Waals surface area contributed by atoms with Crippen LogP contribution in [0, 0.1) is 13.8 Å². The first-order valence-electron chi connectivity index (χ1n) is 12.1. The first-order chi connectivity index (χ1) is 19.8. The Labute approximate surface area is 273 Å². The smallest absolute Gasteiger partial charge is 0.546 e. The third-order valence-electron chi connectivity index (χ3n) is 5.64. The van der Waals surface area contributed by atoms with Gasteiger partial charge in [-0.2, -0.15) is 13.2 Å². The Morgan fingerprint density at radius 2 is 1.79 bits per heavy atom. The number of nitrogens with zero attached hydrogens (tertiary/aromatic N) is 3.